The van der Waals surface area contributed by atoms with Crippen molar-refractivity contribution >= 4 is 0 Å². The molecular formula is C10H14NO. The van der Waals surface area contributed by atoms with Crippen LogP contribution in [-0.4, -0.2) is 6.04 Å². The van der Waals surface area contributed by atoms with Gasteiger partial charge in [0.2, 0.25) is 0 Å². The largest absolute Gasteiger partial charge is 0.457 e. The van der Waals surface area contributed by atoms with Gasteiger partial charge < -0.3 is 10.2 Å². The van der Waals surface area contributed by atoms with Crippen molar-refractivity contribution in [3.63, 3.8) is 0 Å². The van der Waals surface area contributed by atoms with E-state index in [0.29, 0.717) is 12.0 Å². The lowest BCUT2D eigenvalue weighted by atomic mass is 9.83. The zero-order valence-electron chi connectivity index (χ0n) is 7.12. The number of rotatable bonds is 1. The van der Waals surface area contributed by atoms with Gasteiger partial charge in [0.25, 0.3) is 0 Å². The number of hydrogen-bond donors (Lipinski definition) is 1. The fourth-order valence-corrected chi connectivity index (χ4v) is 1.96. The summed E-state index contributed by atoms with van der Waals surface area (Å²) >= 11 is 0. The summed E-state index contributed by atoms with van der Waals surface area (Å²) in [5, 5.41) is 0. The van der Waals surface area contributed by atoms with E-state index in [9.17, 15) is 0 Å². The van der Waals surface area contributed by atoms with Crippen molar-refractivity contribution in [2.24, 2.45) is 5.73 Å². The highest BCUT2D eigenvalue weighted by Gasteiger charge is 2.25. The van der Waals surface area contributed by atoms with Crippen LogP contribution in [0.1, 0.15) is 37.4 Å². The normalized spacial score (nSPS) is 30.4. The molecule has 12 heavy (non-hydrogen) atoms. The zero-order valence-corrected chi connectivity index (χ0v) is 7.12. The Morgan fingerprint density at radius 1 is 1.42 bits per heavy atom. The molecule has 0 bridgehead atoms. The van der Waals surface area contributed by atoms with Gasteiger partial charge in [-0.1, -0.05) is 12.8 Å². The van der Waals surface area contributed by atoms with E-state index in [0.717, 1.165) is 12.2 Å². The van der Waals surface area contributed by atoms with Crippen LogP contribution in [0.5, 0.6) is 0 Å². The van der Waals surface area contributed by atoms with Crippen LogP contribution in [0.3, 0.4) is 0 Å². The predicted molar refractivity (Wildman–Crippen MR) is 46.7 cm³/mol. The van der Waals surface area contributed by atoms with Crippen LogP contribution in [-0.2, 0) is 0 Å². The Hall–Kier alpha value is -0.760. The van der Waals surface area contributed by atoms with Crippen LogP contribution < -0.4 is 5.73 Å². The molecule has 2 N–H and O–H groups in total. The average molecular weight is 164 g/mol. The standard InChI is InChI=1S/C10H14NO/c11-9-5-2-1-4-8(9)10-6-3-7-12-10/h3,6,8-9H,1-2,4-5,11H2. The molecule has 0 amide bonds. The molecule has 2 atom stereocenters. The van der Waals surface area contributed by atoms with Crippen molar-refractivity contribution < 1.29 is 4.42 Å². The van der Waals surface area contributed by atoms with Crippen molar-refractivity contribution in [1.82, 2.24) is 0 Å². The third kappa shape index (κ3) is 1.39. The Labute approximate surface area is 72.7 Å². The Morgan fingerprint density at radius 2 is 2.25 bits per heavy atom. The molecule has 65 valence electrons. The van der Waals surface area contributed by atoms with Gasteiger partial charge in [-0.25, -0.2) is 0 Å². The Bertz CT molecular complexity index is 230. The minimum Gasteiger partial charge on any atom is -0.457 e. The molecule has 1 aromatic heterocycles. The lowest BCUT2D eigenvalue weighted by Gasteiger charge is -2.26. The van der Waals surface area contributed by atoms with Gasteiger partial charge >= 0.3 is 0 Å². The van der Waals surface area contributed by atoms with Gasteiger partial charge in [-0.2, -0.15) is 0 Å². The first kappa shape index (κ1) is 7.87. The van der Waals surface area contributed by atoms with Gasteiger partial charge in [0.15, 0.2) is 6.26 Å². The third-order valence-electron chi connectivity index (χ3n) is 2.68. The highest BCUT2D eigenvalue weighted by atomic mass is 16.3. The quantitative estimate of drug-likeness (QED) is 0.690. The second kappa shape index (κ2) is 3.31. The van der Waals surface area contributed by atoms with E-state index < -0.39 is 0 Å². The SMILES string of the molecule is NC1CCCCC1c1cc[c]o1. The van der Waals surface area contributed by atoms with Gasteiger partial charge in [0.05, 0.1) is 0 Å². The molecular weight excluding hydrogens is 150 g/mol. The smallest absolute Gasteiger partial charge is 0.169 e. The summed E-state index contributed by atoms with van der Waals surface area (Å²) in [6.45, 7) is 0. The molecule has 0 spiro atoms. The summed E-state index contributed by atoms with van der Waals surface area (Å²) < 4.78 is 5.24. The molecule has 0 aliphatic heterocycles. The molecule has 1 radical (unpaired) electrons. The first-order valence-electron chi connectivity index (χ1n) is 4.59. The van der Waals surface area contributed by atoms with E-state index in [1.54, 1.807) is 0 Å². The first-order chi connectivity index (χ1) is 5.88. The predicted octanol–water partition coefficient (Wildman–Crippen LogP) is 2.06. The highest BCUT2D eigenvalue weighted by molar-refractivity contribution is 5.08. The lowest BCUT2D eigenvalue weighted by Crippen LogP contribution is -2.30. The van der Waals surface area contributed by atoms with Crippen molar-refractivity contribution in [2.45, 2.75) is 37.6 Å². The van der Waals surface area contributed by atoms with Crippen LogP contribution in [0.25, 0.3) is 0 Å². The van der Waals surface area contributed by atoms with Crippen LogP contribution in [0, 0.1) is 6.26 Å². The molecule has 2 rings (SSSR count). The van der Waals surface area contributed by atoms with Crippen LogP contribution in [0.15, 0.2) is 16.5 Å². The molecule has 1 heterocycles. The van der Waals surface area contributed by atoms with E-state index >= 15 is 0 Å². The zero-order chi connectivity index (χ0) is 8.39. The highest BCUT2D eigenvalue weighted by Crippen LogP contribution is 2.31. The molecule has 1 aliphatic carbocycles. The fourth-order valence-electron chi connectivity index (χ4n) is 1.96. The minimum absolute atomic E-state index is 0.290. The van der Waals surface area contributed by atoms with Gasteiger partial charge in [0.1, 0.15) is 5.76 Å². The monoisotopic (exact) mass is 164 g/mol. The third-order valence-corrected chi connectivity index (χ3v) is 2.68. The van der Waals surface area contributed by atoms with Crippen molar-refractivity contribution in [3.8, 4) is 0 Å². The van der Waals surface area contributed by atoms with Crippen LogP contribution in [0.2, 0.25) is 0 Å². The Morgan fingerprint density at radius 3 is 2.92 bits per heavy atom. The molecule has 2 nitrogen and oxygen atoms in total. The molecule has 1 saturated carbocycles. The maximum atomic E-state index is 6.00. The molecule has 0 aromatic carbocycles. The molecule has 0 saturated heterocycles. The maximum absolute atomic E-state index is 6.00. The van der Waals surface area contributed by atoms with E-state index in [4.69, 9.17) is 10.2 Å². The molecule has 2 heteroatoms. The lowest BCUT2D eigenvalue weighted by molar-refractivity contribution is 0.333. The van der Waals surface area contributed by atoms with Crippen molar-refractivity contribution in [1.29, 1.82) is 0 Å². The average Bonchev–Trinajstić information content (AvgIpc) is 2.57. The second-order valence-corrected chi connectivity index (χ2v) is 3.51. The van der Waals surface area contributed by atoms with Crippen molar-refractivity contribution in [2.75, 3.05) is 0 Å². The molecule has 1 aliphatic rings. The van der Waals surface area contributed by atoms with E-state index in [-0.39, 0.29) is 0 Å². The van der Waals surface area contributed by atoms with Crippen LogP contribution in [0.4, 0.5) is 0 Å². The van der Waals surface area contributed by atoms with E-state index in [1.807, 2.05) is 12.1 Å². The first-order valence-corrected chi connectivity index (χ1v) is 4.59. The number of nitrogens with two attached hydrogens (primary N) is 1. The van der Waals surface area contributed by atoms with Crippen molar-refractivity contribution in [3.05, 3.63) is 24.2 Å². The second-order valence-electron chi connectivity index (χ2n) is 3.51. The topological polar surface area (TPSA) is 39.2 Å². The van der Waals surface area contributed by atoms with Crippen LogP contribution >= 0.6 is 0 Å². The Balaban J connectivity index is 2.11. The van der Waals surface area contributed by atoms with Gasteiger partial charge in [-0.15, -0.1) is 0 Å². The van der Waals surface area contributed by atoms with E-state index in [1.165, 1.54) is 19.3 Å². The summed E-state index contributed by atoms with van der Waals surface area (Å²) in [5.74, 6) is 1.45. The number of furan rings is 1. The molecule has 2 unspecified atom stereocenters. The van der Waals surface area contributed by atoms with E-state index in [2.05, 4.69) is 6.26 Å². The van der Waals surface area contributed by atoms with Gasteiger partial charge in [0, 0.05) is 12.0 Å². The Kier molecular flexibility index (Phi) is 2.17. The van der Waals surface area contributed by atoms with Gasteiger partial charge in [-0.3, -0.25) is 0 Å². The molecule has 1 fully saturated rings. The summed E-state index contributed by atoms with van der Waals surface area (Å²) in [6, 6.07) is 4.09. The summed E-state index contributed by atoms with van der Waals surface area (Å²) in [7, 11) is 0. The summed E-state index contributed by atoms with van der Waals surface area (Å²) in [6.07, 6.45) is 7.56. The fraction of sp³-hybridized carbons (Fsp3) is 0.600. The van der Waals surface area contributed by atoms with Gasteiger partial charge in [-0.05, 0) is 25.0 Å². The maximum Gasteiger partial charge on any atom is 0.169 e. The molecule has 1 aromatic rings. The summed E-state index contributed by atoms with van der Waals surface area (Å²) in [4.78, 5) is 0. The summed E-state index contributed by atoms with van der Waals surface area (Å²) in [5.41, 5.74) is 6.00. The number of hydrogen-bond acceptors (Lipinski definition) is 2. The minimum atomic E-state index is 0.290.